The molecule has 1 aliphatic carbocycles. The summed E-state index contributed by atoms with van der Waals surface area (Å²) in [6, 6.07) is -1.04. The Labute approximate surface area is 101 Å². The Bertz CT molecular complexity index is 279. The van der Waals surface area contributed by atoms with Gasteiger partial charge in [0.15, 0.2) is 0 Å². The number of aliphatic hydroxyl groups is 1. The fourth-order valence-corrected chi connectivity index (χ4v) is 1.94. The highest BCUT2D eigenvalue weighted by molar-refractivity contribution is 5.86. The fraction of sp³-hybridized carbons (Fsp3) is 0.818. The van der Waals surface area contributed by atoms with E-state index in [9.17, 15) is 9.59 Å². The Hall–Kier alpha value is -1.30. The van der Waals surface area contributed by atoms with Crippen LogP contribution in [0.1, 0.15) is 32.6 Å². The highest BCUT2D eigenvalue weighted by Gasteiger charge is 2.31. The smallest absolute Gasteiger partial charge is 0.312 e. The second kappa shape index (κ2) is 6.44. The zero-order valence-electron chi connectivity index (χ0n) is 10.2. The Morgan fingerprint density at radius 1 is 1.53 bits per heavy atom. The summed E-state index contributed by atoms with van der Waals surface area (Å²) in [5.74, 6) is -0.123. The highest BCUT2D eigenvalue weighted by atomic mass is 16.3. The van der Waals surface area contributed by atoms with Crippen molar-refractivity contribution in [1.29, 1.82) is 0 Å². The van der Waals surface area contributed by atoms with Crippen molar-refractivity contribution in [3.8, 4) is 0 Å². The third kappa shape index (κ3) is 3.89. The van der Waals surface area contributed by atoms with Crippen molar-refractivity contribution in [2.45, 2.75) is 44.7 Å². The van der Waals surface area contributed by atoms with Gasteiger partial charge in [0.25, 0.3) is 0 Å². The molecule has 17 heavy (non-hydrogen) atoms. The second-order valence-electron chi connectivity index (χ2n) is 4.42. The van der Waals surface area contributed by atoms with Crippen molar-refractivity contribution < 1.29 is 14.7 Å². The standard InChI is InChI=1S/C11H21N3O3/c1-8(13-11(12)17)10(16)14(6-3-7-15)9-4-2-5-9/h8-9,15H,2-7H2,1H3,(H3,12,13,17). The van der Waals surface area contributed by atoms with Crippen LogP contribution in [0.2, 0.25) is 0 Å². The first-order valence-corrected chi connectivity index (χ1v) is 6.03. The molecule has 0 aromatic carbocycles. The van der Waals surface area contributed by atoms with Crippen molar-refractivity contribution in [2.75, 3.05) is 13.2 Å². The average molecular weight is 243 g/mol. The number of urea groups is 1. The molecule has 6 heteroatoms. The summed E-state index contributed by atoms with van der Waals surface area (Å²) in [5.41, 5.74) is 4.99. The first-order chi connectivity index (χ1) is 8.06. The lowest BCUT2D eigenvalue weighted by Crippen LogP contribution is -2.53. The van der Waals surface area contributed by atoms with Gasteiger partial charge in [0.05, 0.1) is 0 Å². The molecule has 1 fully saturated rings. The van der Waals surface area contributed by atoms with Gasteiger partial charge < -0.3 is 21.1 Å². The van der Waals surface area contributed by atoms with Crippen molar-refractivity contribution in [2.24, 2.45) is 5.73 Å². The molecule has 0 aliphatic heterocycles. The monoisotopic (exact) mass is 243 g/mol. The minimum atomic E-state index is -0.693. The van der Waals surface area contributed by atoms with Crippen LogP contribution in [0, 0.1) is 0 Å². The highest BCUT2D eigenvalue weighted by Crippen LogP contribution is 2.25. The van der Waals surface area contributed by atoms with Crippen LogP contribution in [-0.4, -0.2) is 47.2 Å². The summed E-state index contributed by atoms with van der Waals surface area (Å²) >= 11 is 0. The number of nitrogens with zero attached hydrogens (tertiary/aromatic N) is 1. The maximum absolute atomic E-state index is 12.1. The van der Waals surface area contributed by atoms with Crippen molar-refractivity contribution in [3.63, 3.8) is 0 Å². The van der Waals surface area contributed by atoms with Gasteiger partial charge in [-0.1, -0.05) is 0 Å². The number of hydrogen-bond acceptors (Lipinski definition) is 3. The summed E-state index contributed by atoms with van der Waals surface area (Å²) < 4.78 is 0. The van der Waals surface area contributed by atoms with E-state index in [1.807, 2.05) is 0 Å². The number of amides is 3. The summed E-state index contributed by atoms with van der Waals surface area (Å²) in [7, 11) is 0. The molecule has 6 nitrogen and oxygen atoms in total. The maximum atomic E-state index is 12.1. The third-order valence-electron chi connectivity index (χ3n) is 3.08. The van der Waals surface area contributed by atoms with Gasteiger partial charge >= 0.3 is 6.03 Å². The summed E-state index contributed by atoms with van der Waals surface area (Å²) in [6.45, 7) is 2.22. The van der Waals surface area contributed by atoms with Crippen LogP contribution in [0.15, 0.2) is 0 Å². The lowest BCUT2D eigenvalue weighted by Gasteiger charge is -2.39. The van der Waals surface area contributed by atoms with E-state index in [0.717, 1.165) is 19.3 Å². The Morgan fingerprint density at radius 2 is 2.18 bits per heavy atom. The average Bonchev–Trinajstić information content (AvgIpc) is 2.19. The van der Waals surface area contributed by atoms with Gasteiger partial charge in [-0.3, -0.25) is 4.79 Å². The largest absolute Gasteiger partial charge is 0.396 e. The predicted molar refractivity (Wildman–Crippen MR) is 63.2 cm³/mol. The van der Waals surface area contributed by atoms with E-state index in [2.05, 4.69) is 5.32 Å². The normalized spacial score (nSPS) is 17.1. The molecule has 0 aromatic rings. The van der Waals surface area contributed by atoms with E-state index >= 15 is 0 Å². The lowest BCUT2D eigenvalue weighted by molar-refractivity contribution is -0.137. The third-order valence-corrected chi connectivity index (χ3v) is 3.08. The van der Waals surface area contributed by atoms with Gasteiger partial charge in [-0.15, -0.1) is 0 Å². The molecule has 1 unspecified atom stereocenters. The van der Waals surface area contributed by atoms with Crippen LogP contribution < -0.4 is 11.1 Å². The number of carbonyl (C=O) groups excluding carboxylic acids is 2. The van der Waals surface area contributed by atoms with E-state index in [0.29, 0.717) is 13.0 Å². The SMILES string of the molecule is CC(NC(N)=O)C(=O)N(CCCO)C1CCC1. The van der Waals surface area contributed by atoms with Gasteiger partial charge in [0, 0.05) is 19.2 Å². The van der Waals surface area contributed by atoms with Crippen LogP contribution in [0.5, 0.6) is 0 Å². The Balaban J connectivity index is 2.54. The zero-order chi connectivity index (χ0) is 12.8. The minimum absolute atomic E-state index is 0.0636. The summed E-state index contributed by atoms with van der Waals surface area (Å²) in [5, 5.41) is 11.2. The molecule has 1 saturated carbocycles. The van der Waals surface area contributed by atoms with Gasteiger partial charge in [-0.05, 0) is 32.6 Å². The Kier molecular flexibility index (Phi) is 5.21. The van der Waals surface area contributed by atoms with E-state index in [-0.39, 0.29) is 18.6 Å². The second-order valence-corrected chi connectivity index (χ2v) is 4.42. The molecular weight excluding hydrogens is 222 g/mol. The van der Waals surface area contributed by atoms with E-state index in [4.69, 9.17) is 10.8 Å². The molecule has 3 amide bonds. The van der Waals surface area contributed by atoms with Gasteiger partial charge in [0.1, 0.15) is 6.04 Å². The minimum Gasteiger partial charge on any atom is -0.396 e. The van der Waals surface area contributed by atoms with Gasteiger partial charge in [-0.2, -0.15) is 0 Å². The molecule has 0 heterocycles. The number of hydrogen-bond donors (Lipinski definition) is 3. The molecule has 1 atom stereocenters. The molecular formula is C11H21N3O3. The molecule has 4 N–H and O–H groups in total. The molecule has 1 aliphatic rings. The van der Waals surface area contributed by atoms with Crippen LogP contribution in [-0.2, 0) is 4.79 Å². The molecule has 1 rings (SSSR count). The molecule has 0 spiro atoms. The van der Waals surface area contributed by atoms with E-state index < -0.39 is 12.1 Å². The van der Waals surface area contributed by atoms with Crippen molar-refractivity contribution in [1.82, 2.24) is 10.2 Å². The number of nitrogens with two attached hydrogens (primary N) is 1. The van der Waals surface area contributed by atoms with Crippen LogP contribution >= 0.6 is 0 Å². The lowest BCUT2D eigenvalue weighted by atomic mass is 9.91. The Morgan fingerprint density at radius 3 is 2.59 bits per heavy atom. The van der Waals surface area contributed by atoms with Crippen molar-refractivity contribution in [3.05, 3.63) is 0 Å². The molecule has 98 valence electrons. The number of carbonyl (C=O) groups is 2. The van der Waals surface area contributed by atoms with Crippen LogP contribution in [0.25, 0.3) is 0 Å². The molecule has 0 saturated heterocycles. The summed E-state index contributed by atoms with van der Waals surface area (Å²) in [4.78, 5) is 24.5. The number of aliphatic hydroxyl groups excluding tert-OH is 1. The zero-order valence-corrected chi connectivity index (χ0v) is 10.2. The molecule has 0 bridgehead atoms. The maximum Gasteiger partial charge on any atom is 0.312 e. The number of primary amides is 1. The molecule has 0 radical (unpaired) electrons. The van der Waals surface area contributed by atoms with Gasteiger partial charge in [0.2, 0.25) is 5.91 Å². The molecule has 0 aromatic heterocycles. The quantitative estimate of drug-likeness (QED) is 0.603. The van der Waals surface area contributed by atoms with Crippen LogP contribution in [0.4, 0.5) is 4.79 Å². The van der Waals surface area contributed by atoms with E-state index in [1.165, 1.54) is 0 Å². The van der Waals surface area contributed by atoms with E-state index in [1.54, 1.807) is 11.8 Å². The van der Waals surface area contributed by atoms with Crippen LogP contribution in [0.3, 0.4) is 0 Å². The predicted octanol–water partition coefficient (Wildman–Crippen LogP) is -0.193. The number of nitrogens with one attached hydrogen (secondary N) is 1. The van der Waals surface area contributed by atoms with Gasteiger partial charge in [-0.25, -0.2) is 4.79 Å². The topological polar surface area (TPSA) is 95.7 Å². The number of rotatable bonds is 6. The first kappa shape index (κ1) is 13.8. The summed E-state index contributed by atoms with van der Waals surface area (Å²) in [6.07, 6.45) is 3.69. The first-order valence-electron chi connectivity index (χ1n) is 6.03. The fourth-order valence-electron chi connectivity index (χ4n) is 1.94. The van der Waals surface area contributed by atoms with Crippen molar-refractivity contribution >= 4 is 11.9 Å².